The fourth-order valence-electron chi connectivity index (χ4n) is 2.97. The van der Waals surface area contributed by atoms with Gasteiger partial charge >= 0.3 is 0 Å². The zero-order valence-electron chi connectivity index (χ0n) is 16.7. The van der Waals surface area contributed by atoms with Crippen molar-refractivity contribution < 1.29 is 17.9 Å². The molecule has 0 aromatic heterocycles. The molecule has 0 radical (unpaired) electrons. The monoisotopic (exact) mass is 458 g/mol. The van der Waals surface area contributed by atoms with Gasteiger partial charge in [-0.3, -0.25) is 9.10 Å². The minimum absolute atomic E-state index is 0.158. The molecule has 6 nitrogen and oxygen atoms in total. The van der Waals surface area contributed by atoms with Gasteiger partial charge in [0.1, 0.15) is 12.3 Å². The molecule has 1 atom stereocenters. The maximum atomic E-state index is 12.7. The highest BCUT2D eigenvalue weighted by atomic mass is 35.5. The molecule has 0 bridgehead atoms. The molecule has 0 spiro atoms. The van der Waals surface area contributed by atoms with Crippen molar-refractivity contribution in [3.05, 3.63) is 57.6 Å². The van der Waals surface area contributed by atoms with Crippen LogP contribution in [0.4, 0.5) is 5.69 Å². The first-order valence-electron chi connectivity index (χ1n) is 8.93. The molecule has 0 aliphatic rings. The van der Waals surface area contributed by atoms with Crippen LogP contribution in [0.2, 0.25) is 10.0 Å². The third-order valence-electron chi connectivity index (χ3n) is 4.43. The lowest BCUT2D eigenvalue weighted by Gasteiger charge is -2.25. The summed E-state index contributed by atoms with van der Waals surface area (Å²) in [7, 11) is -2.16. The SMILES string of the molecule is CC[C@H](NC(=O)CN(c1cc(Cl)ccc1Cl)S(C)(=O)=O)c1ccc(OC)c(C)c1. The summed E-state index contributed by atoms with van der Waals surface area (Å²) in [6, 6.07) is 9.84. The zero-order chi connectivity index (χ0) is 21.8. The Hall–Kier alpha value is -1.96. The number of sulfonamides is 1. The summed E-state index contributed by atoms with van der Waals surface area (Å²) in [6.07, 6.45) is 1.65. The van der Waals surface area contributed by atoms with Gasteiger partial charge < -0.3 is 10.1 Å². The van der Waals surface area contributed by atoms with Crippen molar-refractivity contribution in [2.75, 3.05) is 24.2 Å². The van der Waals surface area contributed by atoms with Crippen molar-refractivity contribution in [3.63, 3.8) is 0 Å². The van der Waals surface area contributed by atoms with Crippen molar-refractivity contribution in [2.24, 2.45) is 0 Å². The molecule has 1 N–H and O–H groups in total. The van der Waals surface area contributed by atoms with Gasteiger partial charge in [0.15, 0.2) is 0 Å². The number of methoxy groups -OCH3 is 1. The molecule has 0 saturated heterocycles. The Labute approximate surface area is 181 Å². The molecule has 2 aromatic rings. The fourth-order valence-corrected chi connectivity index (χ4v) is 4.26. The van der Waals surface area contributed by atoms with Crippen molar-refractivity contribution in [1.29, 1.82) is 0 Å². The van der Waals surface area contributed by atoms with E-state index in [0.717, 1.165) is 27.4 Å². The lowest BCUT2D eigenvalue weighted by molar-refractivity contribution is -0.120. The number of nitrogens with zero attached hydrogens (tertiary/aromatic N) is 1. The summed E-state index contributed by atoms with van der Waals surface area (Å²) in [5, 5.41) is 3.40. The molecule has 0 heterocycles. The van der Waals surface area contributed by atoms with Crippen LogP contribution in [0, 0.1) is 6.92 Å². The van der Waals surface area contributed by atoms with Gasteiger partial charge in [0.2, 0.25) is 15.9 Å². The first kappa shape index (κ1) is 23.3. The Morgan fingerprint density at radius 2 is 1.90 bits per heavy atom. The lowest BCUT2D eigenvalue weighted by atomic mass is 10.0. The standard InChI is InChI=1S/C20H24Cl2N2O4S/c1-5-17(14-6-9-19(28-3)13(2)10-14)23-20(25)12-24(29(4,26)27)18-11-15(21)7-8-16(18)22/h6-11,17H,5,12H2,1-4H3,(H,23,25)/t17-/m0/s1. The number of carbonyl (C=O) groups is 1. The van der Waals surface area contributed by atoms with Crippen LogP contribution >= 0.6 is 23.2 Å². The second-order valence-electron chi connectivity index (χ2n) is 6.62. The number of amides is 1. The molecule has 2 aromatic carbocycles. The molecular formula is C20H24Cl2N2O4S. The maximum absolute atomic E-state index is 12.7. The number of carbonyl (C=O) groups excluding carboxylic acids is 1. The third-order valence-corrected chi connectivity index (χ3v) is 6.11. The average molecular weight is 459 g/mol. The Morgan fingerprint density at radius 1 is 1.21 bits per heavy atom. The summed E-state index contributed by atoms with van der Waals surface area (Å²) in [4.78, 5) is 12.7. The largest absolute Gasteiger partial charge is 0.496 e. The molecule has 158 valence electrons. The van der Waals surface area contributed by atoms with Crippen LogP contribution in [0.25, 0.3) is 0 Å². The van der Waals surface area contributed by atoms with Gasteiger partial charge in [0.25, 0.3) is 0 Å². The van der Waals surface area contributed by atoms with Gasteiger partial charge in [-0.05, 0) is 48.7 Å². The molecule has 0 saturated carbocycles. The quantitative estimate of drug-likeness (QED) is 0.637. The number of hydrogen-bond acceptors (Lipinski definition) is 4. The lowest BCUT2D eigenvalue weighted by Crippen LogP contribution is -2.41. The van der Waals surface area contributed by atoms with Crippen LogP contribution in [0.3, 0.4) is 0 Å². The molecule has 0 aliphatic heterocycles. The van der Waals surface area contributed by atoms with Gasteiger partial charge in [-0.1, -0.05) is 42.3 Å². The predicted molar refractivity (Wildman–Crippen MR) is 118 cm³/mol. The third kappa shape index (κ3) is 6.01. The molecule has 0 fully saturated rings. The number of rotatable bonds is 8. The van der Waals surface area contributed by atoms with Gasteiger partial charge in [-0.15, -0.1) is 0 Å². The highest BCUT2D eigenvalue weighted by Gasteiger charge is 2.24. The molecule has 0 aliphatic carbocycles. The first-order valence-corrected chi connectivity index (χ1v) is 11.5. The molecule has 9 heteroatoms. The number of ether oxygens (including phenoxy) is 1. The van der Waals surface area contributed by atoms with Crippen LogP contribution in [0.5, 0.6) is 5.75 Å². The smallest absolute Gasteiger partial charge is 0.241 e. The summed E-state index contributed by atoms with van der Waals surface area (Å²) >= 11 is 12.1. The van der Waals surface area contributed by atoms with E-state index in [4.69, 9.17) is 27.9 Å². The van der Waals surface area contributed by atoms with Crippen LogP contribution in [0.15, 0.2) is 36.4 Å². The van der Waals surface area contributed by atoms with Crippen LogP contribution in [0.1, 0.15) is 30.5 Å². The minimum Gasteiger partial charge on any atom is -0.496 e. The van der Waals surface area contributed by atoms with Crippen LogP contribution in [-0.4, -0.2) is 34.2 Å². The van der Waals surface area contributed by atoms with Gasteiger partial charge in [0, 0.05) is 5.02 Å². The average Bonchev–Trinajstić information content (AvgIpc) is 2.65. The number of aryl methyl sites for hydroxylation is 1. The Morgan fingerprint density at radius 3 is 2.45 bits per heavy atom. The van der Waals surface area contributed by atoms with Crippen molar-refractivity contribution in [3.8, 4) is 5.75 Å². The minimum atomic E-state index is -3.76. The number of benzene rings is 2. The van der Waals surface area contributed by atoms with Gasteiger partial charge in [-0.25, -0.2) is 8.42 Å². The van der Waals surface area contributed by atoms with E-state index in [2.05, 4.69) is 5.32 Å². The van der Waals surface area contributed by atoms with Crippen molar-refractivity contribution in [2.45, 2.75) is 26.3 Å². The second kappa shape index (κ2) is 9.69. The maximum Gasteiger partial charge on any atom is 0.241 e. The number of nitrogens with one attached hydrogen (secondary N) is 1. The zero-order valence-corrected chi connectivity index (χ0v) is 19.0. The highest BCUT2D eigenvalue weighted by Crippen LogP contribution is 2.31. The van der Waals surface area contributed by atoms with E-state index in [9.17, 15) is 13.2 Å². The summed E-state index contributed by atoms with van der Waals surface area (Å²) in [5.74, 6) is 0.306. The van der Waals surface area contributed by atoms with E-state index >= 15 is 0 Å². The highest BCUT2D eigenvalue weighted by molar-refractivity contribution is 7.92. The van der Waals surface area contributed by atoms with Crippen molar-refractivity contribution >= 4 is 44.8 Å². The molecule has 0 unspecified atom stereocenters. The Bertz CT molecular complexity index is 996. The Balaban J connectivity index is 2.25. The van der Waals surface area contributed by atoms with E-state index in [1.54, 1.807) is 13.2 Å². The number of hydrogen-bond donors (Lipinski definition) is 1. The number of halogens is 2. The predicted octanol–water partition coefficient (Wildman–Crippen LogP) is 4.34. The summed E-state index contributed by atoms with van der Waals surface area (Å²) in [5.41, 5.74) is 2.01. The summed E-state index contributed by atoms with van der Waals surface area (Å²) < 4.78 is 30.8. The molecular weight excluding hydrogens is 435 g/mol. The van der Waals surface area contributed by atoms with E-state index < -0.39 is 22.5 Å². The van der Waals surface area contributed by atoms with Crippen LogP contribution < -0.4 is 14.4 Å². The molecule has 2 rings (SSSR count). The van der Waals surface area contributed by atoms with Crippen molar-refractivity contribution in [1.82, 2.24) is 5.32 Å². The fraction of sp³-hybridized carbons (Fsp3) is 0.350. The van der Waals surface area contributed by atoms with E-state index in [1.165, 1.54) is 12.1 Å². The van der Waals surface area contributed by atoms with E-state index in [0.29, 0.717) is 11.4 Å². The van der Waals surface area contributed by atoms with E-state index in [-0.39, 0.29) is 16.8 Å². The van der Waals surface area contributed by atoms with Gasteiger partial charge in [-0.2, -0.15) is 0 Å². The number of anilines is 1. The van der Waals surface area contributed by atoms with Gasteiger partial charge in [0.05, 0.1) is 30.1 Å². The van der Waals surface area contributed by atoms with E-state index in [1.807, 2.05) is 32.0 Å². The topological polar surface area (TPSA) is 75.7 Å². The molecule has 29 heavy (non-hydrogen) atoms. The first-order chi connectivity index (χ1) is 13.6. The second-order valence-corrected chi connectivity index (χ2v) is 9.37. The molecule has 1 amide bonds. The summed E-state index contributed by atoms with van der Waals surface area (Å²) in [6.45, 7) is 3.45. The normalized spacial score (nSPS) is 12.3. The Kier molecular flexibility index (Phi) is 7.80. The van der Waals surface area contributed by atoms with Crippen LogP contribution in [-0.2, 0) is 14.8 Å².